The van der Waals surface area contributed by atoms with Gasteiger partial charge in [0.15, 0.2) is 0 Å². The van der Waals surface area contributed by atoms with E-state index in [2.05, 4.69) is 46.3 Å². The molecule has 1 atom stereocenters. The predicted molar refractivity (Wildman–Crippen MR) is 132 cm³/mol. The number of benzene rings is 2. The van der Waals surface area contributed by atoms with Crippen LogP contribution in [0.15, 0.2) is 45.7 Å². The lowest BCUT2D eigenvalue weighted by Crippen LogP contribution is -2.26. The lowest BCUT2D eigenvalue weighted by Gasteiger charge is -2.33. The second kappa shape index (κ2) is 7.65. The standard InChI is InChI=1S/C27H35NO3S/c1-17-14-25-22(21-15-19(27(5,6)7)10-13-24(21)31-25)16-23(17)28-32(29,30)20-11-8-18(9-12-20)26(2,3)4/h8-9,11-12,14,16,19,28H,10,13,15H2,1-7H3/t19-/m0/s1. The average molecular weight is 454 g/mol. The summed E-state index contributed by atoms with van der Waals surface area (Å²) in [6.07, 6.45) is 3.03. The summed E-state index contributed by atoms with van der Waals surface area (Å²) in [5.74, 6) is 1.64. The minimum Gasteiger partial charge on any atom is -0.461 e. The number of sulfonamides is 1. The molecule has 0 bridgehead atoms. The fourth-order valence-corrected chi connectivity index (χ4v) is 5.73. The molecule has 1 N–H and O–H groups in total. The van der Waals surface area contributed by atoms with E-state index in [0.29, 0.717) is 11.6 Å². The van der Waals surface area contributed by atoms with Crippen molar-refractivity contribution in [3.8, 4) is 0 Å². The van der Waals surface area contributed by atoms with Gasteiger partial charge in [-0.25, -0.2) is 8.42 Å². The number of nitrogens with one attached hydrogen (secondary N) is 1. The monoisotopic (exact) mass is 453 g/mol. The first kappa shape index (κ1) is 22.9. The fourth-order valence-electron chi connectivity index (χ4n) is 4.61. The Morgan fingerprint density at radius 1 is 1.00 bits per heavy atom. The summed E-state index contributed by atoms with van der Waals surface area (Å²) in [5, 5.41) is 1.03. The highest BCUT2D eigenvalue weighted by Gasteiger charge is 2.32. The second-order valence-electron chi connectivity index (χ2n) is 11.4. The first-order chi connectivity index (χ1) is 14.8. The van der Waals surface area contributed by atoms with Crippen LogP contribution in [0.4, 0.5) is 5.69 Å². The van der Waals surface area contributed by atoms with E-state index in [9.17, 15) is 8.42 Å². The van der Waals surface area contributed by atoms with Crippen LogP contribution >= 0.6 is 0 Å². The molecule has 0 aliphatic heterocycles. The molecule has 1 aromatic heterocycles. The summed E-state index contributed by atoms with van der Waals surface area (Å²) < 4.78 is 35.2. The van der Waals surface area contributed by atoms with Gasteiger partial charge in [0.25, 0.3) is 10.0 Å². The van der Waals surface area contributed by atoms with E-state index in [1.165, 1.54) is 5.56 Å². The molecular weight excluding hydrogens is 418 g/mol. The fraction of sp³-hybridized carbons (Fsp3) is 0.481. The Kier molecular flexibility index (Phi) is 5.48. The molecule has 5 heteroatoms. The zero-order chi connectivity index (χ0) is 23.5. The van der Waals surface area contributed by atoms with Crippen LogP contribution in [-0.2, 0) is 28.3 Å². The first-order valence-electron chi connectivity index (χ1n) is 11.4. The molecule has 0 saturated heterocycles. The topological polar surface area (TPSA) is 59.3 Å². The number of hydrogen-bond acceptors (Lipinski definition) is 3. The molecule has 0 saturated carbocycles. The number of hydrogen-bond donors (Lipinski definition) is 1. The smallest absolute Gasteiger partial charge is 0.261 e. The lowest BCUT2D eigenvalue weighted by molar-refractivity contribution is 0.210. The third-order valence-electron chi connectivity index (χ3n) is 6.89. The minimum atomic E-state index is -3.69. The largest absolute Gasteiger partial charge is 0.461 e. The van der Waals surface area contributed by atoms with Gasteiger partial charge in [-0.05, 0) is 71.9 Å². The highest BCUT2D eigenvalue weighted by molar-refractivity contribution is 7.92. The van der Waals surface area contributed by atoms with Crippen molar-refractivity contribution < 1.29 is 12.8 Å². The maximum Gasteiger partial charge on any atom is 0.261 e. The molecule has 1 aliphatic carbocycles. The van der Waals surface area contributed by atoms with Crippen LogP contribution in [0.25, 0.3) is 11.0 Å². The molecule has 0 fully saturated rings. The third kappa shape index (κ3) is 4.32. The van der Waals surface area contributed by atoms with E-state index in [4.69, 9.17) is 4.42 Å². The molecule has 0 spiro atoms. The number of furan rings is 1. The van der Waals surface area contributed by atoms with Gasteiger partial charge in [0.2, 0.25) is 0 Å². The molecule has 4 nitrogen and oxygen atoms in total. The van der Waals surface area contributed by atoms with Gasteiger partial charge in [-0.15, -0.1) is 0 Å². The van der Waals surface area contributed by atoms with E-state index in [0.717, 1.165) is 47.1 Å². The molecule has 0 unspecified atom stereocenters. The van der Waals surface area contributed by atoms with Crippen LogP contribution in [-0.4, -0.2) is 8.42 Å². The lowest BCUT2D eigenvalue weighted by atomic mass is 9.71. The maximum atomic E-state index is 13.1. The highest BCUT2D eigenvalue weighted by Crippen LogP contribution is 2.42. The average Bonchev–Trinajstić information content (AvgIpc) is 3.03. The van der Waals surface area contributed by atoms with Gasteiger partial charge in [0.05, 0.1) is 10.6 Å². The van der Waals surface area contributed by atoms with E-state index in [-0.39, 0.29) is 15.7 Å². The number of rotatable bonds is 3. The highest BCUT2D eigenvalue weighted by atomic mass is 32.2. The van der Waals surface area contributed by atoms with Crippen molar-refractivity contribution in [3.05, 3.63) is 58.8 Å². The Bertz CT molecular complexity index is 1250. The molecule has 4 rings (SSSR count). The SMILES string of the molecule is Cc1cc2oc3c(c2cc1NS(=O)(=O)c1ccc(C(C)(C)C)cc1)C[C@@H](C(C)(C)C)CC3. The van der Waals surface area contributed by atoms with Crippen LogP contribution in [0.5, 0.6) is 0 Å². The predicted octanol–water partition coefficient (Wildman–Crippen LogP) is 6.99. The number of aryl methyl sites for hydroxylation is 2. The molecule has 32 heavy (non-hydrogen) atoms. The van der Waals surface area contributed by atoms with Crippen molar-refractivity contribution in [2.75, 3.05) is 4.72 Å². The summed E-state index contributed by atoms with van der Waals surface area (Å²) in [7, 11) is -3.69. The van der Waals surface area contributed by atoms with Crippen molar-refractivity contribution in [1.82, 2.24) is 0 Å². The summed E-state index contributed by atoms with van der Waals surface area (Å²) in [6, 6.07) is 11.1. The summed E-state index contributed by atoms with van der Waals surface area (Å²) >= 11 is 0. The minimum absolute atomic E-state index is 0.0252. The van der Waals surface area contributed by atoms with Crippen LogP contribution in [0.2, 0.25) is 0 Å². The van der Waals surface area contributed by atoms with Gasteiger partial charge < -0.3 is 4.42 Å². The van der Waals surface area contributed by atoms with Gasteiger partial charge in [-0.2, -0.15) is 0 Å². The van der Waals surface area contributed by atoms with E-state index in [1.54, 1.807) is 12.1 Å². The van der Waals surface area contributed by atoms with Gasteiger partial charge in [-0.3, -0.25) is 4.72 Å². The molecule has 0 amide bonds. The maximum absolute atomic E-state index is 13.1. The van der Waals surface area contributed by atoms with E-state index >= 15 is 0 Å². The molecule has 3 aromatic rings. The van der Waals surface area contributed by atoms with Crippen LogP contribution in [0.3, 0.4) is 0 Å². The summed E-state index contributed by atoms with van der Waals surface area (Å²) in [5.41, 5.74) is 4.86. The van der Waals surface area contributed by atoms with E-state index in [1.807, 2.05) is 31.2 Å². The molecule has 2 aromatic carbocycles. The summed E-state index contributed by atoms with van der Waals surface area (Å²) in [4.78, 5) is 0.270. The summed E-state index contributed by atoms with van der Waals surface area (Å²) in [6.45, 7) is 15.1. The van der Waals surface area contributed by atoms with Crippen molar-refractivity contribution in [2.24, 2.45) is 11.3 Å². The Morgan fingerprint density at radius 2 is 1.66 bits per heavy atom. The zero-order valence-corrected chi connectivity index (χ0v) is 21.1. The van der Waals surface area contributed by atoms with Crippen molar-refractivity contribution in [2.45, 2.75) is 78.0 Å². The Labute approximate surface area is 192 Å². The van der Waals surface area contributed by atoms with Crippen molar-refractivity contribution in [1.29, 1.82) is 0 Å². The normalized spacial score (nSPS) is 17.4. The van der Waals surface area contributed by atoms with Crippen molar-refractivity contribution in [3.63, 3.8) is 0 Å². The van der Waals surface area contributed by atoms with E-state index < -0.39 is 10.0 Å². The van der Waals surface area contributed by atoms with Crippen LogP contribution in [0.1, 0.15) is 70.4 Å². The Hall–Kier alpha value is -2.27. The molecule has 0 radical (unpaired) electrons. The van der Waals surface area contributed by atoms with Crippen molar-refractivity contribution >= 4 is 26.7 Å². The second-order valence-corrected chi connectivity index (χ2v) is 13.0. The molecule has 1 aliphatic rings. The van der Waals surface area contributed by atoms with Gasteiger partial charge >= 0.3 is 0 Å². The number of fused-ring (bicyclic) bond motifs is 3. The van der Waals surface area contributed by atoms with Gasteiger partial charge in [-0.1, -0.05) is 53.7 Å². The molecule has 1 heterocycles. The van der Waals surface area contributed by atoms with Gasteiger partial charge in [0.1, 0.15) is 11.3 Å². The third-order valence-corrected chi connectivity index (χ3v) is 8.27. The number of anilines is 1. The molecular formula is C27H35NO3S. The van der Waals surface area contributed by atoms with Crippen LogP contribution in [0, 0.1) is 18.3 Å². The quantitative estimate of drug-likeness (QED) is 0.465. The van der Waals surface area contributed by atoms with Gasteiger partial charge in [0, 0.05) is 17.4 Å². The molecule has 172 valence electrons. The first-order valence-corrected chi connectivity index (χ1v) is 12.9. The zero-order valence-electron chi connectivity index (χ0n) is 20.3. The van der Waals surface area contributed by atoms with Crippen LogP contribution < -0.4 is 4.72 Å². The Morgan fingerprint density at radius 3 is 2.25 bits per heavy atom. The Balaban J connectivity index is 1.68.